The topological polar surface area (TPSA) is 37.8 Å². The third-order valence-electron chi connectivity index (χ3n) is 2.05. The van der Waals surface area contributed by atoms with Crippen LogP contribution in [0.5, 0.6) is 0 Å². The van der Waals surface area contributed by atoms with Crippen LogP contribution in [0.3, 0.4) is 0 Å². The van der Waals surface area contributed by atoms with E-state index >= 15 is 0 Å². The first-order valence-electron chi connectivity index (χ1n) is 4.78. The Morgan fingerprint density at radius 3 is 2.88 bits per heavy atom. The molecule has 88 valence electrons. The molecule has 1 heterocycles. The predicted molar refractivity (Wildman–Crippen MR) is 73.6 cm³/mol. The number of halogens is 2. The summed E-state index contributed by atoms with van der Waals surface area (Å²) in [6.07, 6.45) is 3.49. The summed E-state index contributed by atoms with van der Waals surface area (Å²) in [6, 6.07) is 7.94. The number of benzene rings is 1. The highest BCUT2D eigenvalue weighted by molar-refractivity contribution is 7.98. The third kappa shape index (κ3) is 3.25. The molecule has 0 amide bonds. The first-order valence-corrected chi connectivity index (χ1v) is 6.76. The van der Waals surface area contributed by atoms with Crippen molar-refractivity contribution in [2.75, 3.05) is 11.6 Å². The molecule has 2 aromatic rings. The van der Waals surface area contributed by atoms with Crippen LogP contribution in [-0.4, -0.2) is 16.2 Å². The molecular formula is C11H9Cl2N3S. The van der Waals surface area contributed by atoms with Crippen molar-refractivity contribution in [2.24, 2.45) is 0 Å². The summed E-state index contributed by atoms with van der Waals surface area (Å²) in [5.74, 6) is 0.505. The average molecular weight is 286 g/mol. The van der Waals surface area contributed by atoms with E-state index in [0.717, 1.165) is 10.6 Å². The van der Waals surface area contributed by atoms with Crippen LogP contribution in [0.2, 0.25) is 10.3 Å². The van der Waals surface area contributed by atoms with Gasteiger partial charge in [-0.1, -0.05) is 17.7 Å². The van der Waals surface area contributed by atoms with E-state index in [0.29, 0.717) is 10.8 Å². The van der Waals surface area contributed by atoms with Gasteiger partial charge < -0.3 is 5.32 Å². The lowest BCUT2D eigenvalue weighted by Crippen LogP contribution is -1.96. The molecule has 0 saturated heterocycles. The highest BCUT2D eigenvalue weighted by Crippen LogP contribution is 2.25. The van der Waals surface area contributed by atoms with Gasteiger partial charge in [0.25, 0.3) is 0 Å². The summed E-state index contributed by atoms with van der Waals surface area (Å²) < 4.78 is 0. The van der Waals surface area contributed by atoms with Crippen molar-refractivity contribution in [3.63, 3.8) is 0 Å². The normalized spacial score (nSPS) is 10.3. The molecule has 0 radical (unpaired) electrons. The summed E-state index contributed by atoms with van der Waals surface area (Å²) in [6.45, 7) is 0. The van der Waals surface area contributed by atoms with E-state index in [9.17, 15) is 0 Å². The molecule has 17 heavy (non-hydrogen) atoms. The van der Waals surface area contributed by atoms with Crippen LogP contribution < -0.4 is 5.32 Å². The number of nitrogens with one attached hydrogen (secondary N) is 1. The summed E-state index contributed by atoms with van der Waals surface area (Å²) in [4.78, 5) is 8.98. The number of aromatic nitrogens is 2. The van der Waals surface area contributed by atoms with E-state index in [-0.39, 0.29) is 5.28 Å². The first kappa shape index (κ1) is 12.5. The van der Waals surface area contributed by atoms with Gasteiger partial charge in [0.1, 0.15) is 5.02 Å². The molecule has 0 fully saturated rings. The lowest BCUT2D eigenvalue weighted by molar-refractivity contribution is 1.17. The number of nitrogens with zero attached hydrogens (tertiary/aromatic N) is 2. The van der Waals surface area contributed by atoms with Gasteiger partial charge in [-0.25, -0.2) is 4.98 Å². The molecule has 0 aliphatic heterocycles. The van der Waals surface area contributed by atoms with Crippen LogP contribution in [0.15, 0.2) is 35.4 Å². The maximum Gasteiger partial charge on any atom is 0.224 e. The number of hydrogen-bond acceptors (Lipinski definition) is 4. The van der Waals surface area contributed by atoms with E-state index in [1.807, 2.05) is 30.5 Å². The maximum atomic E-state index is 5.97. The molecule has 6 heteroatoms. The molecule has 0 unspecified atom stereocenters. The zero-order chi connectivity index (χ0) is 12.3. The Bertz CT molecular complexity index is 534. The van der Waals surface area contributed by atoms with E-state index in [1.54, 1.807) is 11.8 Å². The summed E-state index contributed by atoms with van der Waals surface area (Å²) in [5, 5.41) is 3.71. The van der Waals surface area contributed by atoms with Crippen molar-refractivity contribution in [3.8, 4) is 0 Å². The van der Waals surface area contributed by atoms with Crippen molar-refractivity contribution in [1.29, 1.82) is 0 Å². The Morgan fingerprint density at radius 1 is 1.29 bits per heavy atom. The van der Waals surface area contributed by atoms with Gasteiger partial charge in [-0.2, -0.15) is 4.98 Å². The van der Waals surface area contributed by atoms with Gasteiger partial charge in [0.15, 0.2) is 5.82 Å². The Morgan fingerprint density at radius 2 is 2.12 bits per heavy atom. The Kier molecular flexibility index (Phi) is 4.10. The smallest absolute Gasteiger partial charge is 0.224 e. The summed E-state index contributed by atoms with van der Waals surface area (Å²) in [7, 11) is 0. The van der Waals surface area contributed by atoms with Crippen LogP contribution in [-0.2, 0) is 0 Å². The SMILES string of the molecule is CSc1cccc(Nc2nc(Cl)ncc2Cl)c1. The minimum Gasteiger partial charge on any atom is -0.339 e. The molecule has 3 nitrogen and oxygen atoms in total. The van der Waals surface area contributed by atoms with Crippen LogP contribution in [0.25, 0.3) is 0 Å². The number of thioether (sulfide) groups is 1. The second-order valence-corrected chi connectivity index (χ2v) is 4.82. The minimum absolute atomic E-state index is 0.165. The number of hydrogen-bond donors (Lipinski definition) is 1. The minimum atomic E-state index is 0.165. The molecule has 2 rings (SSSR count). The Labute approximate surface area is 114 Å². The first-order chi connectivity index (χ1) is 8.19. The Hall–Kier alpha value is -0.970. The lowest BCUT2D eigenvalue weighted by atomic mass is 10.3. The molecule has 1 N–H and O–H groups in total. The predicted octanol–water partition coefficient (Wildman–Crippen LogP) is 4.25. The van der Waals surface area contributed by atoms with Gasteiger partial charge in [-0.15, -0.1) is 11.8 Å². The average Bonchev–Trinajstić information content (AvgIpc) is 2.34. The van der Waals surface area contributed by atoms with Gasteiger partial charge in [-0.05, 0) is 36.1 Å². The van der Waals surface area contributed by atoms with Crippen LogP contribution in [0, 0.1) is 0 Å². The van der Waals surface area contributed by atoms with E-state index in [2.05, 4.69) is 15.3 Å². The largest absolute Gasteiger partial charge is 0.339 e. The molecule has 0 aliphatic carbocycles. The summed E-state index contributed by atoms with van der Waals surface area (Å²) >= 11 is 13.4. The van der Waals surface area contributed by atoms with Crippen LogP contribution >= 0.6 is 35.0 Å². The molecule has 0 atom stereocenters. The van der Waals surface area contributed by atoms with E-state index in [4.69, 9.17) is 23.2 Å². The van der Waals surface area contributed by atoms with E-state index in [1.165, 1.54) is 6.20 Å². The van der Waals surface area contributed by atoms with Gasteiger partial charge in [0, 0.05) is 10.6 Å². The molecule has 0 spiro atoms. The van der Waals surface area contributed by atoms with Crippen molar-refractivity contribution < 1.29 is 0 Å². The zero-order valence-corrected chi connectivity index (χ0v) is 11.3. The second-order valence-electron chi connectivity index (χ2n) is 3.19. The second kappa shape index (κ2) is 5.58. The monoisotopic (exact) mass is 285 g/mol. The Balaban J connectivity index is 2.27. The quantitative estimate of drug-likeness (QED) is 0.676. The van der Waals surface area contributed by atoms with Crippen molar-refractivity contribution in [3.05, 3.63) is 40.8 Å². The molecule has 0 bridgehead atoms. The molecule has 1 aromatic carbocycles. The standard InChI is InChI=1S/C11H9Cl2N3S/c1-17-8-4-2-3-7(5-8)15-10-9(12)6-14-11(13)16-10/h2-6H,1H3,(H,14,15,16). The van der Waals surface area contributed by atoms with Crippen LogP contribution in [0.1, 0.15) is 0 Å². The van der Waals surface area contributed by atoms with Gasteiger partial charge in [0.05, 0.1) is 6.20 Å². The number of anilines is 2. The highest BCUT2D eigenvalue weighted by Gasteiger charge is 2.04. The van der Waals surface area contributed by atoms with E-state index < -0.39 is 0 Å². The fraction of sp³-hybridized carbons (Fsp3) is 0.0909. The molecular weight excluding hydrogens is 277 g/mol. The maximum absolute atomic E-state index is 5.97. The fourth-order valence-corrected chi connectivity index (χ4v) is 2.00. The van der Waals surface area contributed by atoms with Gasteiger partial charge >= 0.3 is 0 Å². The summed E-state index contributed by atoms with van der Waals surface area (Å²) in [5.41, 5.74) is 0.911. The number of rotatable bonds is 3. The van der Waals surface area contributed by atoms with Gasteiger partial charge in [0.2, 0.25) is 5.28 Å². The third-order valence-corrected chi connectivity index (χ3v) is 3.23. The molecule has 0 saturated carbocycles. The molecule has 0 aliphatic rings. The molecule has 1 aromatic heterocycles. The zero-order valence-electron chi connectivity index (χ0n) is 8.95. The lowest BCUT2D eigenvalue weighted by Gasteiger charge is -2.08. The fourth-order valence-electron chi connectivity index (χ4n) is 1.27. The van der Waals surface area contributed by atoms with Crippen molar-refractivity contribution >= 4 is 46.5 Å². The van der Waals surface area contributed by atoms with Crippen molar-refractivity contribution in [2.45, 2.75) is 4.90 Å². The van der Waals surface area contributed by atoms with Crippen molar-refractivity contribution in [1.82, 2.24) is 9.97 Å². The van der Waals surface area contributed by atoms with Crippen LogP contribution in [0.4, 0.5) is 11.5 Å². The van der Waals surface area contributed by atoms with Gasteiger partial charge in [-0.3, -0.25) is 0 Å². The highest BCUT2D eigenvalue weighted by atomic mass is 35.5.